The van der Waals surface area contributed by atoms with Crippen molar-refractivity contribution < 1.29 is 48.4 Å². The highest BCUT2D eigenvalue weighted by Gasteiger charge is 2.29. The molecule has 0 fully saturated rings. The molecular weight excluding hydrogens is 588 g/mol. The molecular formula is C31H56N4O10. The lowest BCUT2D eigenvalue weighted by Crippen LogP contribution is -2.42. The normalized spacial score (nSPS) is 12.4. The Morgan fingerprint density at radius 3 is 2.11 bits per heavy atom. The highest BCUT2D eigenvalue weighted by molar-refractivity contribution is 5.83. The standard InChI is InChI=1S/C31H56N4O10/c1-24(32-11-13-35(6)14-17-45-23-27(38)33-12-16-43-19-20-44-18-15-36)7-8-25(29(41)42)34-26(37)21-30(2,3)9-10-31(4,5)22-28(39)40/h15,25,32H,1,7-14,16-23H2,2-6H3,(H,33,38)(H,34,37)(H,39,40)(H,41,42). The summed E-state index contributed by atoms with van der Waals surface area (Å²) in [4.78, 5) is 59.4. The Labute approximate surface area is 267 Å². The molecule has 14 heteroatoms. The predicted molar refractivity (Wildman–Crippen MR) is 169 cm³/mol. The molecule has 0 aromatic heterocycles. The fraction of sp³-hybridized carbons (Fsp3) is 0.774. The van der Waals surface area contributed by atoms with Crippen LogP contribution in [0.1, 0.15) is 66.2 Å². The molecule has 0 aliphatic heterocycles. The molecule has 260 valence electrons. The third-order valence-electron chi connectivity index (χ3n) is 6.96. The fourth-order valence-corrected chi connectivity index (χ4v) is 4.19. The molecule has 5 N–H and O–H groups in total. The van der Waals surface area contributed by atoms with Gasteiger partial charge in [0, 0.05) is 38.3 Å². The minimum atomic E-state index is -1.11. The first-order valence-corrected chi connectivity index (χ1v) is 15.3. The summed E-state index contributed by atoms with van der Waals surface area (Å²) < 4.78 is 15.6. The molecule has 0 saturated carbocycles. The van der Waals surface area contributed by atoms with Crippen molar-refractivity contribution in [1.82, 2.24) is 20.9 Å². The maximum atomic E-state index is 12.7. The van der Waals surface area contributed by atoms with E-state index >= 15 is 0 Å². The first kappa shape index (κ1) is 41.9. The number of carbonyl (C=O) groups excluding carboxylic acids is 3. The number of aldehydes is 1. The van der Waals surface area contributed by atoms with Crippen molar-refractivity contribution >= 4 is 30.0 Å². The summed E-state index contributed by atoms with van der Waals surface area (Å²) in [6.07, 6.45) is 2.66. The molecule has 0 spiro atoms. The van der Waals surface area contributed by atoms with Crippen molar-refractivity contribution in [3.63, 3.8) is 0 Å². The van der Waals surface area contributed by atoms with Crippen LogP contribution in [0.2, 0.25) is 0 Å². The molecule has 0 aromatic rings. The number of nitrogens with zero attached hydrogens (tertiary/aromatic N) is 1. The third kappa shape index (κ3) is 24.9. The number of allylic oxidation sites excluding steroid dienone is 1. The molecule has 0 heterocycles. The van der Waals surface area contributed by atoms with Crippen LogP contribution < -0.4 is 16.0 Å². The second-order valence-electron chi connectivity index (χ2n) is 12.7. The summed E-state index contributed by atoms with van der Waals surface area (Å²) >= 11 is 0. The number of hydrogen-bond donors (Lipinski definition) is 5. The van der Waals surface area contributed by atoms with Gasteiger partial charge >= 0.3 is 11.9 Å². The maximum Gasteiger partial charge on any atom is 0.326 e. The number of nitrogens with one attached hydrogen (secondary N) is 3. The summed E-state index contributed by atoms with van der Waals surface area (Å²) in [5.41, 5.74) is -0.149. The van der Waals surface area contributed by atoms with Gasteiger partial charge in [-0.25, -0.2) is 4.79 Å². The second kappa shape index (κ2) is 23.3. The number of amides is 2. The van der Waals surface area contributed by atoms with Crippen molar-refractivity contribution in [2.45, 2.75) is 72.3 Å². The van der Waals surface area contributed by atoms with Crippen LogP contribution in [0, 0.1) is 10.8 Å². The van der Waals surface area contributed by atoms with E-state index in [-0.39, 0.29) is 44.3 Å². The summed E-state index contributed by atoms with van der Waals surface area (Å²) in [6, 6.07) is -1.05. The van der Waals surface area contributed by atoms with Crippen LogP contribution in [-0.2, 0) is 38.2 Å². The Hall–Kier alpha value is -3.07. The van der Waals surface area contributed by atoms with E-state index in [1.807, 2.05) is 39.6 Å². The zero-order valence-electron chi connectivity index (χ0n) is 27.8. The van der Waals surface area contributed by atoms with Crippen LogP contribution in [0.3, 0.4) is 0 Å². The van der Waals surface area contributed by atoms with E-state index in [2.05, 4.69) is 22.5 Å². The lowest BCUT2D eigenvalue weighted by molar-refractivity contribution is -0.142. The van der Waals surface area contributed by atoms with Crippen LogP contribution >= 0.6 is 0 Å². The maximum absolute atomic E-state index is 12.7. The van der Waals surface area contributed by atoms with Crippen molar-refractivity contribution in [2.24, 2.45) is 10.8 Å². The van der Waals surface area contributed by atoms with Gasteiger partial charge < -0.3 is 50.1 Å². The lowest BCUT2D eigenvalue weighted by atomic mass is 9.76. The Morgan fingerprint density at radius 1 is 0.844 bits per heavy atom. The van der Waals surface area contributed by atoms with Gasteiger partial charge in [0.15, 0.2) is 0 Å². The van der Waals surface area contributed by atoms with Crippen molar-refractivity contribution in [2.75, 3.05) is 72.9 Å². The van der Waals surface area contributed by atoms with E-state index in [0.29, 0.717) is 83.9 Å². The smallest absolute Gasteiger partial charge is 0.326 e. The van der Waals surface area contributed by atoms with Gasteiger partial charge in [-0.15, -0.1) is 0 Å². The Balaban J connectivity index is 4.16. The molecule has 45 heavy (non-hydrogen) atoms. The van der Waals surface area contributed by atoms with E-state index in [1.54, 1.807) is 0 Å². The molecule has 1 atom stereocenters. The van der Waals surface area contributed by atoms with Crippen LogP contribution in [0.15, 0.2) is 12.3 Å². The van der Waals surface area contributed by atoms with E-state index in [4.69, 9.17) is 19.3 Å². The van der Waals surface area contributed by atoms with Gasteiger partial charge in [-0.3, -0.25) is 14.4 Å². The van der Waals surface area contributed by atoms with E-state index in [0.717, 1.165) is 0 Å². The Bertz CT molecular complexity index is 926. The minimum Gasteiger partial charge on any atom is -0.481 e. The third-order valence-corrected chi connectivity index (χ3v) is 6.96. The Kier molecular flexibility index (Phi) is 21.7. The SMILES string of the molecule is C=C(CCC(NC(=O)CC(C)(C)CCC(C)(C)CC(=O)O)C(=O)O)NCCN(C)CCOCC(=O)NCCOCCOCC=O. The predicted octanol–water partition coefficient (Wildman–Crippen LogP) is 1.43. The van der Waals surface area contributed by atoms with E-state index < -0.39 is 28.8 Å². The lowest BCUT2D eigenvalue weighted by Gasteiger charge is -2.30. The summed E-state index contributed by atoms with van der Waals surface area (Å²) in [5, 5.41) is 27.2. The fourth-order valence-electron chi connectivity index (χ4n) is 4.19. The van der Waals surface area contributed by atoms with Gasteiger partial charge in [-0.05, 0) is 43.6 Å². The number of carboxylic acids is 2. The Morgan fingerprint density at radius 2 is 1.49 bits per heavy atom. The number of aliphatic carboxylic acids is 2. The molecule has 0 aromatic carbocycles. The molecule has 2 amide bonds. The number of likely N-dealkylation sites (N-methyl/N-ethyl adjacent to an activating group) is 1. The molecule has 0 saturated heterocycles. The summed E-state index contributed by atoms with van der Waals surface area (Å²) in [6.45, 7) is 15.1. The first-order valence-electron chi connectivity index (χ1n) is 15.3. The molecule has 0 bridgehead atoms. The average molecular weight is 645 g/mol. The second-order valence-corrected chi connectivity index (χ2v) is 12.7. The molecule has 1 unspecified atom stereocenters. The molecule has 0 aliphatic carbocycles. The van der Waals surface area contributed by atoms with Crippen molar-refractivity contribution in [3.8, 4) is 0 Å². The van der Waals surface area contributed by atoms with Crippen LogP contribution in [0.25, 0.3) is 0 Å². The summed E-state index contributed by atoms with van der Waals surface area (Å²) in [7, 11) is 1.91. The first-order chi connectivity index (χ1) is 21.1. The van der Waals surface area contributed by atoms with Gasteiger partial charge in [0.2, 0.25) is 11.8 Å². The van der Waals surface area contributed by atoms with E-state index in [1.165, 1.54) is 0 Å². The largest absolute Gasteiger partial charge is 0.481 e. The zero-order chi connectivity index (χ0) is 34.3. The highest BCUT2D eigenvalue weighted by atomic mass is 16.5. The number of ether oxygens (including phenoxy) is 3. The number of carbonyl (C=O) groups is 5. The van der Waals surface area contributed by atoms with Crippen molar-refractivity contribution in [3.05, 3.63) is 12.3 Å². The molecule has 0 rings (SSSR count). The number of carboxylic acid groups (broad SMARTS) is 2. The average Bonchev–Trinajstić information content (AvgIpc) is 2.92. The van der Waals surface area contributed by atoms with Gasteiger partial charge in [0.1, 0.15) is 25.5 Å². The van der Waals surface area contributed by atoms with Gasteiger partial charge in [-0.1, -0.05) is 34.3 Å². The highest BCUT2D eigenvalue weighted by Crippen LogP contribution is 2.35. The van der Waals surface area contributed by atoms with Gasteiger partial charge in [0.05, 0.1) is 32.8 Å². The topological polar surface area (TPSA) is 193 Å². The van der Waals surface area contributed by atoms with Gasteiger partial charge in [-0.2, -0.15) is 0 Å². The van der Waals surface area contributed by atoms with Gasteiger partial charge in [0.25, 0.3) is 0 Å². The zero-order valence-corrected chi connectivity index (χ0v) is 27.8. The molecule has 0 aliphatic rings. The summed E-state index contributed by atoms with van der Waals surface area (Å²) in [5.74, 6) is -2.57. The monoisotopic (exact) mass is 644 g/mol. The minimum absolute atomic E-state index is 0.0384. The quantitative estimate of drug-likeness (QED) is 0.0582. The molecule has 14 nitrogen and oxygen atoms in total. The van der Waals surface area contributed by atoms with Crippen LogP contribution in [-0.4, -0.2) is 124 Å². The number of rotatable bonds is 29. The van der Waals surface area contributed by atoms with E-state index in [9.17, 15) is 29.1 Å². The van der Waals surface area contributed by atoms with Crippen LogP contribution in [0.5, 0.6) is 0 Å². The number of hydrogen-bond acceptors (Lipinski definition) is 10. The van der Waals surface area contributed by atoms with Crippen LogP contribution in [0.4, 0.5) is 0 Å². The molecule has 0 radical (unpaired) electrons. The van der Waals surface area contributed by atoms with Crippen molar-refractivity contribution in [1.29, 1.82) is 0 Å².